The normalized spacial score (nSPS) is 12.2. The molecule has 0 aliphatic carbocycles. The first kappa shape index (κ1) is 31.2. The molecule has 3 rings (SSSR count). The van der Waals surface area contributed by atoms with Gasteiger partial charge < -0.3 is 10.2 Å². The number of sulfonamides is 1. The van der Waals surface area contributed by atoms with Crippen LogP contribution in [0.25, 0.3) is 0 Å². The molecule has 214 valence electrons. The fourth-order valence-electron chi connectivity index (χ4n) is 4.28. The average molecular weight is 584 g/mol. The SMILES string of the molecule is Cc1ccc(S(=O)(=O)N(CC(=O)N(Cc2ccccc2Cl)[C@H](C)C(=O)NCC(C)C)c2ccc(C)cc2C)cc1. The van der Waals surface area contributed by atoms with Gasteiger partial charge in [0.15, 0.2) is 0 Å². The van der Waals surface area contributed by atoms with Crippen LogP contribution in [0.2, 0.25) is 5.02 Å². The van der Waals surface area contributed by atoms with Crippen LogP contribution in [0.1, 0.15) is 43.0 Å². The van der Waals surface area contributed by atoms with Gasteiger partial charge in [0, 0.05) is 18.1 Å². The molecule has 7 nitrogen and oxygen atoms in total. The Morgan fingerprint density at radius 3 is 2.12 bits per heavy atom. The minimum Gasteiger partial charge on any atom is -0.354 e. The summed E-state index contributed by atoms with van der Waals surface area (Å²) in [6.07, 6.45) is 0. The Kier molecular flexibility index (Phi) is 10.4. The van der Waals surface area contributed by atoms with Crippen molar-refractivity contribution in [1.29, 1.82) is 0 Å². The fraction of sp³-hybridized carbons (Fsp3) is 0.355. The maximum absolute atomic E-state index is 14.0. The number of hydrogen-bond acceptors (Lipinski definition) is 4. The van der Waals surface area contributed by atoms with E-state index in [1.165, 1.54) is 17.0 Å². The van der Waals surface area contributed by atoms with Crippen molar-refractivity contribution < 1.29 is 18.0 Å². The van der Waals surface area contributed by atoms with Crippen molar-refractivity contribution in [2.24, 2.45) is 5.92 Å². The minimum absolute atomic E-state index is 0.0417. The van der Waals surface area contributed by atoms with E-state index in [4.69, 9.17) is 11.6 Å². The van der Waals surface area contributed by atoms with E-state index < -0.39 is 28.5 Å². The second kappa shape index (κ2) is 13.3. The molecule has 0 fully saturated rings. The molecular weight excluding hydrogens is 546 g/mol. The van der Waals surface area contributed by atoms with Crippen LogP contribution in [-0.2, 0) is 26.2 Å². The zero-order valence-electron chi connectivity index (χ0n) is 23.9. The maximum atomic E-state index is 14.0. The van der Waals surface area contributed by atoms with E-state index in [2.05, 4.69) is 5.32 Å². The number of carbonyl (C=O) groups is 2. The van der Waals surface area contributed by atoms with Gasteiger partial charge in [-0.2, -0.15) is 0 Å². The molecule has 0 aliphatic heterocycles. The molecule has 0 saturated heterocycles. The van der Waals surface area contributed by atoms with E-state index >= 15 is 0 Å². The molecule has 3 aromatic rings. The van der Waals surface area contributed by atoms with Crippen molar-refractivity contribution in [3.8, 4) is 0 Å². The molecular formula is C31H38ClN3O4S. The van der Waals surface area contributed by atoms with Gasteiger partial charge in [0.05, 0.1) is 10.6 Å². The van der Waals surface area contributed by atoms with Crippen molar-refractivity contribution >= 4 is 39.1 Å². The first-order chi connectivity index (χ1) is 18.8. The molecule has 1 N–H and O–H groups in total. The van der Waals surface area contributed by atoms with Gasteiger partial charge in [0.25, 0.3) is 10.0 Å². The summed E-state index contributed by atoms with van der Waals surface area (Å²) in [7, 11) is -4.12. The zero-order valence-corrected chi connectivity index (χ0v) is 25.5. The van der Waals surface area contributed by atoms with Gasteiger partial charge in [-0.15, -0.1) is 0 Å². The number of halogens is 1. The molecule has 0 heterocycles. The molecule has 0 bridgehead atoms. The third-order valence-electron chi connectivity index (χ3n) is 6.66. The lowest BCUT2D eigenvalue weighted by molar-refractivity contribution is -0.139. The predicted molar refractivity (Wildman–Crippen MR) is 161 cm³/mol. The molecule has 0 radical (unpaired) electrons. The van der Waals surface area contributed by atoms with Crippen molar-refractivity contribution in [2.45, 2.75) is 59.0 Å². The van der Waals surface area contributed by atoms with Crippen molar-refractivity contribution in [3.05, 3.63) is 94.0 Å². The first-order valence-corrected chi connectivity index (χ1v) is 15.1. The highest BCUT2D eigenvalue weighted by Gasteiger charge is 2.33. The van der Waals surface area contributed by atoms with E-state index in [0.29, 0.717) is 28.4 Å². The van der Waals surface area contributed by atoms with Gasteiger partial charge in [-0.05, 0) is 69.0 Å². The van der Waals surface area contributed by atoms with Crippen LogP contribution in [0.3, 0.4) is 0 Å². The summed E-state index contributed by atoms with van der Waals surface area (Å²) in [5.41, 5.74) is 3.65. The fourth-order valence-corrected chi connectivity index (χ4v) is 5.96. The number of nitrogens with zero attached hydrogens (tertiary/aromatic N) is 2. The number of anilines is 1. The molecule has 0 aromatic heterocycles. The van der Waals surface area contributed by atoms with E-state index in [9.17, 15) is 18.0 Å². The Labute approximate surface area is 243 Å². The summed E-state index contributed by atoms with van der Waals surface area (Å²) in [5, 5.41) is 3.33. The lowest BCUT2D eigenvalue weighted by Gasteiger charge is -2.32. The Morgan fingerprint density at radius 1 is 0.900 bits per heavy atom. The third-order valence-corrected chi connectivity index (χ3v) is 8.80. The zero-order chi connectivity index (χ0) is 29.6. The van der Waals surface area contributed by atoms with E-state index in [0.717, 1.165) is 15.4 Å². The Morgan fingerprint density at radius 2 is 1.52 bits per heavy atom. The van der Waals surface area contributed by atoms with Crippen LogP contribution >= 0.6 is 11.6 Å². The van der Waals surface area contributed by atoms with Gasteiger partial charge in [-0.3, -0.25) is 13.9 Å². The summed E-state index contributed by atoms with van der Waals surface area (Å²) >= 11 is 6.42. The minimum atomic E-state index is -4.12. The number of amides is 2. The molecule has 3 aromatic carbocycles. The maximum Gasteiger partial charge on any atom is 0.264 e. The lowest BCUT2D eigenvalue weighted by atomic mass is 10.1. The van der Waals surface area contributed by atoms with Gasteiger partial charge in [0.2, 0.25) is 11.8 Å². The Bertz CT molecular complexity index is 1460. The third kappa shape index (κ3) is 7.64. The van der Waals surface area contributed by atoms with Crippen molar-refractivity contribution in [2.75, 3.05) is 17.4 Å². The van der Waals surface area contributed by atoms with Crippen LogP contribution < -0.4 is 9.62 Å². The largest absolute Gasteiger partial charge is 0.354 e. The monoisotopic (exact) mass is 583 g/mol. The molecule has 9 heteroatoms. The first-order valence-electron chi connectivity index (χ1n) is 13.3. The second-order valence-electron chi connectivity index (χ2n) is 10.5. The van der Waals surface area contributed by atoms with E-state index in [-0.39, 0.29) is 23.3 Å². The predicted octanol–water partition coefficient (Wildman–Crippen LogP) is 5.65. The second-order valence-corrected chi connectivity index (χ2v) is 12.8. The molecule has 2 amide bonds. The molecule has 0 spiro atoms. The molecule has 1 atom stereocenters. The standard InChI is InChI=1S/C31H38ClN3O4S/c1-21(2)18-33-31(37)25(6)34(19-26-9-7-8-10-28(26)32)30(36)20-35(29-16-13-23(4)17-24(29)5)40(38,39)27-14-11-22(3)12-15-27/h7-17,21,25H,18-20H2,1-6H3,(H,33,37)/t25-/m1/s1. The highest BCUT2D eigenvalue weighted by Crippen LogP contribution is 2.29. The smallest absolute Gasteiger partial charge is 0.264 e. The van der Waals surface area contributed by atoms with Crippen molar-refractivity contribution in [1.82, 2.24) is 10.2 Å². The highest BCUT2D eigenvalue weighted by molar-refractivity contribution is 7.92. The number of carbonyl (C=O) groups excluding carboxylic acids is 2. The average Bonchev–Trinajstić information content (AvgIpc) is 2.90. The van der Waals surface area contributed by atoms with Crippen LogP contribution in [0.4, 0.5) is 5.69 Å². The van der Waals surface area contributed by atoms with Crippen LogP contribution in [-0.4, -0.2) is 44.3 Å². The highest BCUT2D eigenvalue weighted by atomic mass is 35.5. The van der Waals surface area contributed by atoms with Gasteiger partial charge >= 0.3 is 0 Å². The van der Waals surface area contributed by atoms with E-state index in [1.54, 1.807) is 49.4 Å². The summed E-state index contributed by atoms with van der Waals surface area (Å²) in [5.74, 6) is -0.625. The number of nitrogens with one attached hydrogen (secondary N) is 1. The summed E-state index contributed by atoms with van der Waals surface area (Å²) in [4.78, 5) is 28.6. The number of rotatable bonds is 11. The molecule has 0 aliphatic rings. The van der Waals surface area contributed by atoms with Crippen LogP contribution in [0.15, 0.2) is 71.6 Å². The lowest BCUT2D eigenvalue weighted by Crippen LogP contribution is -2.51. The van der Waals surface area contributed by atoms with Gasteiger partial charge in [-0.1, -0.05) is 79.0 Å². The van der Waals surface area contributed by atoms with Gasteiger partial charge in [-0.25, -0.2) is 8.42 Å². The number of hydrogen-bond donors (Lipinski definition) is 1. The van der Waals surface area contributed by atoms with Gasteiger partial charge in [0.1, 0.15) is 12.6 Å². The number of benzene rings is 3. The topological polar surface area (TPSA) is 86.8 Å². The summed E-state index contributed by atoms with van der Waals surface area (Å²) < 4.78 is 29.1. The van der Waals surface area contributed by atoms with Crippen LogP contribution in [0, 0.1) is 26.7 Å². The van der Waals surface area contributed by atoms with E-state index in [1.807, 2.05) is 46.8 Å². The Balaban J connectivity index is 2.06. The van der Waals surface area contributed by atoms with Crippen molar-refractivity contribution in [3.63, 3.8) is 0 Å². The summed E-state index contributed by atoms with van der Waals surface area (Å²) in [6, 6.07) is 18.1. The quantitative estimate of drug-likeness (QED) is 0.316. The Hall–Kier alpha value is -3.36. The summed E-state index contributed by atoms with van der Waals surface area (Å²) in [6.45, 7) is 11.2. The van der Waals surface area contributed by atoms with Crippen LogP contribution in [0.5, 0.6) is 0 Å². The molecule has 0 unspecified atom stereocenters. The molecule has 0 saturated carbocycles. The molecule has 40 heavy (non-hydrogen) atoms. The number of aryl methyl sites for hydroxylation is 3.